The average molecular weight is 872 g/mol. The van der Waals surface area contributed by atoms with E-state index in [0.717, 1.165) is 21.9 Å². The van der Waals surface area contributed by atoms with E-state index in [2.05, 4.69) is 10.6 Å². The van der Waals surface area contributed by atoms with Gasteiger partial charge in [0.1, 0.15) is 11.6 Å². The fourth-order valence-electron chi connectivity index (χ4n) is 8.25. The smallest absolute Gasteiger partial charge is 0.377 e. The van der Waals surface area contributed by atoms with Crippen LogP contribution in [-0.2, 0) is 30.1 Å². The van der Waals surface area contributed by atoms with Crippen LogP contribution >= 0.6 is 24.6 Å². The summed E-state index contributed by atoms with van der Waals surface area (Å²) in [5, 5.41) is 14.2. The minimum absolute atomic E-state index is 0. The monoisotopic (exact) mass is 871 g/mol. The second kappa shape index (κ2) is 18.1. The predicted octanol–water partition coefficient (Wildman–Crippen LogP) is 5.75. The maximum atomic E-state index is 14.2. The molecule has 6 rings (SSSR count). The first-order chi connectivity index (χ1) is 27.3. The predicted molar refractivity (Wildman–Crippen MR) is 209 cm³/mol. The molecule has 2 aromatic carbocycles. The van der Waals surface area contributed by atoms with Gasteiger partial charge < -0.3 is 15.0 Å². The van der Waals surface area contributed by atoms with Crippen molar-refractivity contribution in [1.82, 2.24) is 20.0 Å². The lowest BCUT2D eigenvalue weighted by Gasteiger charge is -2.42. The Kier molecular flexibility index (Phi) is 14.0. The van der Waals surface area contributed by atoms with Gasteiger partial charge in [-0.25, -0.2) is 0 Å². The Morgan fingerprint density at radius 1 is 1.00 bits per heavy atom. The van der Waals surface area contributed by atoms with Gasteiger partial charge in [0.05, 0.1) is 48.1 Å². The standard InChI is InChI=1S/C39H43F6N7O5S.ClH/c1-37(2)35(56)51(27-8-5-24(20-46)30(19-27)38(40,41)42)36(58)52(37)26-9-11-28(12-10-26)57-18-17-49-15-16-50(31(21-49)39(43,44)45)22-33(54)47-25-6-3-23(4-7-25)29-13-14-32(53)48-34(29)55;/h3-8,19,26,28-29,31H,9-18,21-22H2,1-2H3,(H,47,54)(H,48,53,55);1H/t26?,28?,29?,31-;/m1./s1. The summed E-state index contributed by atoms with van der Waals surface area (Å²) in [7, 11) is 0. The first-order valence-corrected chi connectivity index (χ1v) is 19.4. The van der Waals surface area contributed by atoms with Gasteiger partial charge in [-0.05, 0) is 94.1 Å². The summed E-state index contributed by atoms with van der Waals surface area (Å²) in [6.45, 7) is 3.19. The minimum atomic E-state index is -4.81. The zero-order chi connectivity index (χ0) is 42.2. The van der Waals surface area contributed by atoms with Crippen LogP contribution < -0.4 is 15.5 Å². The molecule has 1 unspecified atom stereocenters. The third-order valence-electron chi connectivity index (χ3n) is 11.3. The van der Waals surface area contributed by atoms with Crippen LogP contribution in [0.25, 0.3) is 0 Å². The molecular formula is C39H44ClF6N7O5S. The number of carbonyl (C=O) groups is 4. The Morgan fingerprint density at radius 3 is 2.29 bits per heavy atom. The van der Waals surface area contributed by atoms with Gasteiger partial charge in [0.25, 0.3) is 5.91 Å². The summed E-state index contributed by atoms with van der Waals surface area (Å²) in [5.41, 5.74) is -1.95. The van der Waals surface area contributed by atoms with Gasteiger partial charge in [-0.2, -0.15) is 31.6 Å². The molecule has 12 nitrogen and oxygen atoms in total. The zero-order valence-corrected chi connectivity index (χ0v) is 33.8. The molecule has 1 aliphatic carbocycles. The molecular weight excluding hydrogens is 828 g/mol. The minimum Gasteiger partial charge on any atom is -0.377 e. The molecule has 20 heteroatoms. The van der Waals surface area contributed by atoms with E-state index in [0.29, 0.717) is 43.4 Å². The number of benzene rings is 2. The fraction of sp³-hybridized carbons (Fsp3) is 0.538. The topological polar surface area (TPSA) is 138 Å². The van der Waals surface area contributed by atoms with Crippen LogP contribution in [0.15, 0.2) is 42.5 Å². The van der Waals surface area contributed by atoms with Crippen LogP contribution in [0.1, 0.15) is 75.0 Å². The average Bonchev–Trinajstić information content (AvgIpc) is 3.33. The summed E-state index contributed by atoms with van der Waals surface area (Å²) < 4.78 is 89.9. The molecule has 4 fully saturated rings. The third-order valence-corrected chi connectivity index (χ3v) is 11.7. The number of carbonyl (C=O) groups excluding carboxylic acids is 4. The van der Waals surface area contributed by atoms with Gasteiger partial charge in [-0.3, -0.25) is 39.2 Å². The van der Waals surface area contributed by atoms with E-state index < -0.39 is 65.2 Å². The van der Waals surface area contributed by atoms with Gasteiger partial charge in [0.2, 0.25) is 17.7 Å². The number of alkyl halides is 6. The Bertz CT molecular complexity index is 1970. The lowest BCUT2D eigenvalue weighted by atomic mass is 9.89. The van der Waals surface area contributed by atoms with Gasteiger partial charge in [-0.1, -0.05) is 12.1 Å². The van der Waals surface area contributed by atoms with Crippen molar-refractivity contribution >= 4 is 64.7 Å². The number of ether oxygens (including phenoxy) is 1. The number of rotatable bonds is 10. The van der Waals surface area contributed by atoms with Gasteiger partial charge in [-0.15, -0.1) is 12.4 Å². The quantitative estimate of drug-likeness (QED) is 0.173. The van der Waals surface area contributed by atoms with Crippen molar-refractivity contribution < 1.29 is 50.3 Å². The van der Waals surface area contributed by atoms with Crippen LogP contribution in [-0.4, -0.2) is 113 Å². The molecule has 2 aromatic rings. The molecule has 320 valence electrons. The number of nitrogens with one attached hydrogen (secondary N) is 2. The Labute approximate surface area is 348 Å². The van der Waals surface area contributed by atoms with Crippen LogP contribution in [0.2, 0.25) is 0 Å². The summed E-state index contributed by atoms with van der Waals surface area (Å²) >= 11 is 5.67. The fourth-order valence-corrected chi connectivity index (χ4v) is 8.81. The Balaban J connectivity index is 0.00000661. The molecule has 4 amide bonds. The normalized spacial score (nSPS) is 24.4. The summed E-state index contributed by atoms with van der Waals surface area (Å²) in [5.74, 6) is -2.35. The number of hydrogen-bond acceptors (Lipinski definition) is 9. The summed E-state index contributed by atoms with van der Waals surface area (Å²) in [6, 6.07) is 8.90. The third kappa shape index (κ3) is 10.2. The Hall–Kier alpha value is -4.35. The maximum Gasteiger partial charge on any atom is 0.417 e. The highest BCUT2D eigenvalue weighted by atomic mass is 35.5. The number of piperidine rings is 1. The van der Waals surface area contributed by atoms with Gasteiger partial charge in [0.15, 0.2) is 5.11 Å². The first kappa shape index (κ1) is 45.7. The number of piperazine rings is 1. The highest BCUT2D eigenvalue weighted by molar-refractivity contribution is 7.80. The van der Waals surface area contributed by atoms with Crippen molar-refractivity contribution in [3.05, 3.63) is 59.2 Å². The molecule has 3 aliphatic heterocycles. The number of amides is 4. The zero-order valence-electron chi connectivity index (χ0n) is 32.2. The van der Waals surface area contributed by atoms with E-state index in [9.17, 15) is 50.8 Å². The number of nitriles is 1. The number of thiocarbonyl (C=S) groups is 1. The summed E-state index contributed by atoms with van der Waals surface area (Å²) in [4.78, 5) is 55.6. The van der Waals surface area contributed by atoms with Crippen molar-refractivity contribution in [3.63, 3.8) is 0 Å². The molecule has 0 bridgehead atoms. The van der Waals surface area contributed by atoms with Gasteiger partial charge in [0, 0.05) is 44.3 Å². The number of anilines is 2. The van der Waals surface area contributed by atoms with E-state index in [1.54, 1.807) is 47.9 Å². The van der Waals surface area contributed by atoms with E-state index >= 15 is 0 Å². The second-order valence-corrected chi connectivity index (χ2v) is 15.9. The molecule has 0 spiro atoms. The molecule has 3 saturated heterocycles. The number of imide groups is 1. The number of halogens is 7. The maximum absolute atomic E-state index is 14.2. The van der Waals surface area contributed by atoms with Gasteiger partial charge >= 0.3 is 12.4 Å². The molecule has 3 heterocycles. The van der Waals surface area contributed by atoms with Crippen LogP contribution in [0.5, 0.6) is 0 Å². The van der Waals surface area contributed by atoms with E-state index in [-0.39, 0.29) is 80.5 Å². The van der Waals surface area contributed by atoms with Crippen LogP contribution in [0, 0.1) is 11.3 Å². The van der Waals surface area contributed by atoms with Crippen LogP contribution in [0.3, 0.4) is 0 Å². The lowest BCUT2D eigenvalue weighted by molar-refractivity contribution is -0.197. The summed E-state index contributed by atoms with van der Waals surface area (Å²) in [6.07, 6.45) is -6.80. The highest BCUT2D eigenvalue weighted by Crippen LogP contribution is 2.41. The highest BCUT2D eigenvalue weighted by Gasteiger charge is 2.53. The second-order valence-electron chi connectivity index (χ2n) is 15.5. The number of hydrogen-bond donors (Lipinski definition) is 2. The number of nitrogens with zero attached hydrogens (tertiary/aromatic N) is 5. The molecule has 59 heavy (non-hydrogen) atoms. The SMILES string of the molecule is CC1(C)C(=O)N(c2ccc(C#N)c(C(F)(F)F)c2)C(=S)N1C1CCC(OCCN2CCN(CC(=O)Nc3ccc(C4CCC(=O)NC4=O)cc3)[C@@H](C(F)(F)F)C2)CC1.Cl. The molecule has 0 aromatic heterocycles. The van der Waals surface area contributed by atoms with Crippen molar-refractivity contribution in [2.24, 2.45) is 0 Å². The molecule has 0 radical (unpaired) electrons. The van der Waals surface area contributed by atoms with E-state index in [1.165, 1.54) is 12.1 Å². The lowest BCUT2D eigenvalue weighted by Crippen LogP contribution is -2.60. The van der Waals surface area contributed by atoms with Crippen molar-refractivity contribution in [3.8, 4) is 6.07 Å². The van der Waals surface area contributed by atoms with Crippen molar-refractivity contribution in [2.45, 2.75) is 94.4 Å². The van der Waals surface area contributed by atoms with E-state index in [1.807, 2.05) is 0 Å². The largest absolute Gasteiger partial charge is 0.417 e. The molecule has 2 N–H and O–H groups in total. The first-order valence-electron chi connectivity index (χ1n) is 19.0. The van der Waals surface area contributed by atoms with Crippen LogP contribution in [0.4, 0.5) is 37.7 Å². The van der Waals surface area contributed by atoms with Crippen molar-refractivity contribution in [2.75, 3.05) is 49.5 Å². The molecule has 4 aliphatic rings. The Morgan fingerprint density at radius 2 is 1.68 bits per heavy atom. The molecule has 1 saturated carbocycles. The van der Waals surface area contributed by atoms with E-state index in [4.69, 9.17) is 17.0 Å². The molecule has 2 atom stereocenters. The van der Waals surface area contributed by atoms with Crippen molar-refractivity contribution in [1.29, 1.82) is 5.26 Å².